The Labute approximate surface area is 58.7 Å². The van der Waals surface area contributed by atoms with Crippen molar-refractivity contribution in [2.24, 2.45) is 7.05 Å². The summed E-state index contributed by atoms with van der Waals surface area (Å²) in [7, 11) is 1.80. The van der Waals surface area contributed by atoms with Gasteiger partial charge in [-0.2, -0.15) is 5.10 Å². The predicted molar refractivity (Wildman–Crippen MR) is 35.2 cm³/mol. The van der Waals surface area contributed by atoms with Crippen molar-refractivity contribution in [3.63, 3.8) is 0 Å². The number of hydrogen-bond donors (Lipinski definition) is 0. The van der Waals surface area contributed by atoms with Crippen molar-refractivity contribution in [1.82, 2.24) is 9.78 Å². The van der Waals surface area contributed by atoms with Crippen molar-refractivity contribution in [3.05, 3.63) is 18.0 Å². The third-order valence-electron chi connectivity index (χ3n) is 1.86. The van der Waals surface area contributed by atoms with Crippen LogP contribution in [0.25, 0.3) is 0 Å². The van der Waals surface area contributed by atoms with Gasteiger partial charge in [-0.1, -0.05) is 0 Å². The first kappa shape index (κ1) is 5.89. The summed E-state index contributed by atoms with van der Waals surface area (Å²) in [6.45, 7) is 0. The van der Waals surface area contributed by atoms with Gasteiger partial charge in [0.15, 0.2) is 5.67 Å². The molecular weight excluding hydrogens is 131 g/mol. The third-order valence-corrected chi connectivity index (χ3v) is 1.86. The van der Waals surface area contributed by atoms with Crippen molar-refractivity contribution >= 4 is 0 Å². The lowest BCUT2D eigenvalue weighted by molar-refractivity contribution is 0.307. The maximum atomic E-state index is 13.2. The Balaban J connectivity index is 2.34. The maximum Gasteiger partial charge on any atom is 0.154 e. The molecule has 0 radical (unpaired) electrons. The standard InChI is InChI=1S/C7H9FN2/c1-10-5-2-6(9-10)7(8)3-4-7/h2,5H,3-4H2,1H3. The van der Waals surface area contributed by atoms with Gasteiger partial charge in [0, 0.05) is 13.2 Å². The summed E-state index contributed by atoms with van der Waals surface area (Å²) in [4.78, 5) is 0. The van der Waals surface area contributed by atoms with E-state index >= 15 is 0 Å². The molecule has 1 aromatic heterocycles. The maximum absolute atomic E-state index is 13.2. The molecule has 1 aromatic rings. The zero-order chi connectivity index (χ0) is 7.19. The highest BCUT2D eigenvalue weighted by atomic mass is 19.1. The van der Waals surface area contributed by atoms with Gasteiger partial charge in [0.1, 0.15) is 0 Å². The van der Waals surface area contributed by atoms with E-state index in [-0.39, 0.29) is 0 Å². The molecule has 0 aliphatic heterocycles. The molecule has 1 heterocycles. The fourth-order valence-corrected chi connectivity index (χ4v) is 1.02. The average Bonchev–Trinajstić information content (AvgIpc) is 2.45. The quantitative estimate of drug-likeness (QED) is 0.576. The van der Waals surface area contributed by atoms with Crippen LogP contribution in [0.5, 0.6) is 0 Å². The van der Waals surface area contributed by atoms with E-state index in [0.29, 0.717) is 18.5 Å². The number of halogens is 1. The Morgan fingerprint density at radius 2 is 2.40 bits per heavy atom. The third kappa shape index (κ3) is 0.735. The molecule has 2 nitrogen and oxygen atoms in total. The number of hydrogen-bond acceptors (Lipinski definition) is 1. The van der Waals surface area contributed by atoms with Crippen LogP contribution in [0.3, 0.4) is 0 Å². The van der Waals surface area contributed by atoms with E-state index in [2.05, 4.69) is 5.10 Å². The lowest BCUT2D eigenvalue weighted by Crippen LogP contribution is -1.99. The van der Waals surface area contributed by atoms with E-state index in [9.17, 15) is 4.39 Å². The average molecular weight is 140 g/mol. The monoisotopic (exact) mass is 140 g/mol. The fourth-order valence-electron chi connectivity index (χ4n) is 1.02. The Morgan fingerprint density at radius 3 is 2.80 bits per heavy atom. The van der Waals surface area contributed by atoms with Gasteiger partial charge >= 0.3 is 0 Å². The normalized spacial score (nSPS) is 21.0. The number of rotatable bonds is 1. The molecule has 0 bridgehead atoms. The summed E-state index contributed by atoms with van der Waals surface area (Å²) >= 11 is 0. The van der Waals surface area contributed by atoms with Crippen LogP contribution in [-0.2, 0) is 12.7 Å². The van der Waals surface area contributed by atoms with Crippen molar-refractivity contribution < 1.29 is 4.39 Å². The van der Waals surface area contributed by atoms with Gasteiger partial charge in [-0.15, -0.1) is 0 Å². The highest BCUT2D eigenvalue weighted by Gasteiger charge is 2.46. The molecule has 1 fully saturated rings. The Kier molecular flexibility index (Phi) is 0.938. The van der Waals surface area contributed by atoms with Gasteiger partial charge in [-0.25, -0.2) is 4.39 Å². The molecule has 0 amide bonds. The van der Waals surface area contributed by atoms with Crippen LogP contribution in [-0.4, -0.2) is 9.78 Å². The number of nitrogens with zero attached hydrogens (tertiary/aromatic N) is 2. The molecule has 54 valence electrons. The van der Waals surface area contributed by atoms with Crippen LogP contribution in [0.4, 0.5) is 4.39 Å². The van der Waals surface area contributed by atoms with Crippen molar-refractivity contribution in [1.29, 1.82) is 0 Å². The smallest absolute Gasteiger partial charge is 0.154 e. The van der Waals surface area contributed by atoms with Crippen LogP contribution in [0.2, 0.25) is 0 Å². The largest absolute Gasteiger partial charge is 0.275 e. The molecule has 3 heteroatoms. The molecule has 1 aliphatic rings. The number of aryl methyl sites for hydroxylation is 1. The van der Waals surface area contributed by atoms with Crippen LogP contribution in [0, 0.1) is 0 Å². The predicted octanol–water partition coefficient (Wildman–Crippen LogP) is 1.38. The summed E-state index contributed by atoms with van der Waals surface area (Å²) in [5.74, 6) is 0. The first-order valence-electron chi connectivity index (χ1n) is 3.40. The molecule has 0 atom stereocenters. The Morgan fingerprint density at radius 1 is 1.70 bits per heavy atom. The first-order chi connectivity index (χ1) is 4.71. The summed E-state index contributed by atoms with van der Waals surface area (Å²) in [6, 6.07) is 1.74. The van der Waals surface area contributed by atoms with Crippen molar-refractivity contribution in [3.8, 4) is 0 Å². The van der Waals surface area contributed by atoms with Gasteiger partial charge in [0.05, 0.1) is 5.69 Å². The van der Waals surface area contributed by atoms with E-state index in [0.717, 1.165) is 0 Å². The summed E-state index contributed by atoms with van der Waals surface area (Å²) in [6.07, 6.45) is 3.06. The van der Waals surface area contributed by atoms with E-state index in [1.807, 2.05) is 0 Å². The molecule has 0 saturated heterocycles. The zero-order valence-electron chi connectivity index (χ0n) is 5.84. The first-order valence-corrected chi connectivity index (χ1v) is 3.40. The minimum Gasteiger partial charge on any atom is -0.275 e. The Hall–Kier alpha value is -0.860. The fraction of sp³-hybridized carbons (Fsp3) is 0.571. The highest BCUT2D eigenvalue weighted by Crippen LogP contribution is 2.48. The second-order valence-corrected chi connectivity index (χ2v) is 2.84. The summed E-state index contributed by atoms with van der Waals surface area (Å²) in [5.41, 5.74) is -0.476. The second kappa shape index (κ2) is 1.59. The molecule has 0 unspecified atom stereocenters. The summed E-state index contributed by atoms with van der Waals surface area (Å²) < 4.78 is 14.8. The van der Waals surface area contributed by atoms with Crippen molar-refractivity contribution in [2.75, 3.05) is 0 Å². The topological polar surface area (TPSA) is 17.8 Å². The van der Waals surface area contributed by atoms with Gasteiger partial charge in [-0.05, 0) is 18.9 Å². The Bertz CT molecular complexity index is 250. The molecule has 1 aliphatic carbocycles. The SMILES string of the molecule is Cn1ccc(C2(F)CC2)n1. The highest BCUT2D eigenvalue weighted by molar-refractivity contribution is 5.17. The van der Waals surface area contributed by atoms with Crippen LogP contribution in [0.1, 0.15) is 18.5 Å². The van der Waals surface area contributed by atoms with Gasteiger partial charge < -0.3 is 0 Å². The van der Waals surface area contributed by atoms with E-state index in [1.165, 1.54) is 0 Å². The minimum absolute atomic E-state index is 0.593. The molecule has 0 spiro atoms. The molecule has 0 N–H and O–H groups in total. The van der Waals surface area contributed by atoms with Gasteiger partial charge in [-0.3, -0.25) is 4.68 Å². The number of alkyl halides is 1. The molecular formula is C7H9FN2. The summed E-state index contributed by atoms with van der Waals surface area (Å²) in [5, 5.41) is 3.99. The molecule has 1 saturated carbocycles. The molecule has 10 heavy (non-hydrogen) atoms. The van der Waals surface area contributed by atoms with Crippen LogP contribution < -0.4 is 0 Å². The zero-order valence-corrected chi connectivity index (χ0v) is 5.84. The lowest BCUT2D eigenvalue weighted by Gasteiger charge is -1.96. The van der Waals surface area contributed by atoms with Crippen molar-refractivity contribution in [2.45, 2.75) is 18.5 Å². The molecule has 0 aromatic carbocycles. The van der Waals surface area contributed by atoms with Crippen LogP contribution in [0.15, 0.2) is 12.3 Å². The number of aromatic nitrogens is 2. The van der Waals surface area contributed by atoms with E-state index in [4.69, 9.17) is 0 Å². The van der Waals surface area contributed by atoms with Gasteiger partial charge in [0.25, 0.3) is 0 Å². The van der Waals surface area contributed by atoms with E-state index < -0.39 is 5.67 Å². The molecule has 2 rings (SSSR count). The van der Waals surface area contributed by atoms with E-state index in [1.54, 1.807) is 24.0 Å². The second-order valence-electron chi connectivity index (χ2n) is 2.84. The lowest BCUT2D eigenvalue weighted by atomic mass is 10.3. The minimum atomic E-state index is -1.07. The van der Waals surface area contributed by atoms with Crippen LogP contribution >= 0.6 is 0 Å². The van der Waals surface area contributed by atoms with Gasteiger partial charge in [0.2, 0.25) is 0 Å².